The Morgan fingerprint density at radius 1 is 1.00 bits per heavy atom. The molecule has 2 unspecified atom stereocenters. The summed E-state index contributed by atoms with van der Waals surface area (Å²) < 4.78 is 10.9. The van der Waals surface area contributed by atoms with Crippen molar-refractivity contribution in [1.29, 1.82) is 0 Å². The van der Waals surface area contributed by atoms with Crippen LogP contribution in [-0.4, -0.2) is 48.0 Å². The zero-order valence-corrected chi connectivity index (χ0v) is 18.0. The molecule has 0 saturated carbocycles. The summed E-state index contributed by atoms with van der Waals surface area (Å²) in [4.78, 5) is 32.4. The van der Waals surface area contributed by atoms with Crippen LogP contribution in [-0.2, 0) is 27.5 Å². The minimum absolute atomic E-state index is 0.0151. The summed E-state index contributed by atoms with van der Waals surface area (Å²) in [7, 11) is 0. The van der Waals surface area contributed by atoms with Gasteiger partial charge < -0.3 is 24.5 Å². The van der Waals surface area contributed by atoms with E-state index in [0.717, 1.165) is 16.8 Å². The second kappa shape index (κ2) is 10.2. The molecular weight excluding hydrogens is 410 g/mol. The summed E-state index contributed by atoms with van der Waals surface area (Å²) in [6, 6.07) is 18.7. The van der Waals surface area contributed by atoms with Gasteiger partial charge in [0.1, 0.15) is 13.2 Å². The Labute approximate surface area is 187 Å². The Kier molecular flexibility index (Phi) is 6.89. The fourth-order valence-corrected chi connectivity index (χ4v) is 3.98. The quantitative estimate of drug-likeness (QED) is 0.770. The van der Waals surface area contributed by atoms with Crippen molar-refractivity contribution >= 4 is 17.9 Å². The van der Waals surface area contributed by atoms with Crippen LogP contribution in [0, 0.1) is 5.92 Å². The van der Waals surface area contributed by atoms with E-state index < -0.39 is 12.2 Å². The molecule has 1 saturated heterocycles. The van der Waals surface area contributed by atoms with Gasteiger partial charge in [-0.25, -0.2) is 9.59 Å². The number of amides is 2. The van der Waals surface area contributed by atoms with Crippen LogP contribution >= 0.6 is 0 Å². The van der Waals surface area contributed by atoms with E-state index in [2.05, 4.69) is 10.5 Å². The highest BCUT2D eigenvalue weighted by molar-refractivity contribution is 5.86. The van der Waals surface area contributed by atoms with E-state index in [1.54, 1.807) is 4.90 Å². The van der Waals surface area contributed by atoms with E-state index in [4.69, 9.17) is 14.3 Å². The molecule has 2 amide bonds. The molecule has 0 aromatic heterocycles. The minimum Gasteiger partial charge on any atom is -0.445 e. The molecule has 1 fully saturated rings. The van der Waals surface area contributed by atoms with Crippen molar-refractivity contribution in [2.24, 2.45) is 11.1 Å². The molecule has 0 spiro atoms. The standard InChI is InChI=1S/C24H27N3O5/c1-17-21-12-20(25-23(28)30-15-18-8-4-2-5-9-18)13-27(14-22(21)32-26-17)24(29)31-16-19-10-6-3-7-11-19/h2-11,20-22H,12-16H2,1H3,(H,25,28)/t20-,21?,22?/m0/s1. The highest BCUT2D eigenvalue weighted by Gasteiger charge is 2.40. The summed E-state index contributed by atoms with van der Waals surface area (Å²) in [6.07, 6.45) is -0.634. The molecule has 2 aliphatic heterocycles. The molecule has 168 valence electrons. The molecule has 8 heteroatoms. The minimum atomic E-state index is -0.525. The monoisotopic (exact) mass is 437 g/mol. The summed E-state index contributed by atoms with van der Waals surface area (Å²) in [5.41, 5.74) is 2.67. The lowest BCUT2D eigenvalue weighted by Gasteiger charge is -2.25. The topological polar surface area (TPSA) is 89.5 Å². The third-order valence-electron chi connectivity index (χ3n) is 5.70. The predicted octanol–water partition coefficient (Wildman–Crippen LogP) is 3.71. The van der Waals surface area contributed by atoms with Crippen molar-refractivity contribution < 1.29 is 23.9 Å². The second-order valence-corrected chi connectivity index (χ2v) is 8.07. The number of rotatable bonds is 5. The maximum absolute atomic E-state index is 12.8. The number of hydrogen-bond donors (Lipinski definition) is 1. The van der Waals surface area contributed by atoms with Crippen LogP contribution in [0.4, 0.5) is 9.59 Å². The molecule has 0 radical (unpaired) electrons. The molecule has 0 aliphatic carbocycles. The Morgan fingerprint density at radius 2 is 1.62 bits per heavy atom. The van der Waals surface area contributed by atoms with E-state index in [1.807, 2.05) is 67.6 Å². The lowest BCUT2D eigenvalue weighted by molar-refractivity contribution is 0.0330. The second-order valence-electron chi connectivity index (χ2n) is 8.07. The van der Waals surface area contributed by atoms with Crippen LogP contribution < -0.4 is 5.32 Å². The summed E-state index contributed by atoms with van der Waals surface area (Å²) >= 11 is 0. The first-order valence-electron chi connectivity index (χ1n) is 10.7. The average Bonchev–Trinajstić information content (AvgIpc) is 3.04. The first-order chi connectivity index (χ1) is 15.6. The molecule has 2 aromatic carbocycles. The zero-order chi connectivity index (χ0) is 22.3. The van der Waals surface area contributed by atoms with Gasteiger partial charge in [-0.2, -0.15) is 0 Å². The first-order valence-corrected chi connectivity index (χ1v) is 10.7. The molecule has 4 rings (SSSR count). The van der Waals surface area contributed by atoms with Gasteiger partial charge >= 0.3 is 12.2 Å². The van der Waals surface area contributed by atoms with Gasteiger partial charge in [-0.05, 0) is 24.5 Å². The third-order valence-corrected chi connectivity index (χ3v) is 5.70. The van der Waals surface area contributed by atoms with Crippen molar-refractivity contribution in [2.75, 3.05) is 13.1 Å². The number of nitrogens with zero attached hydrogens (tertiary/aromatic N) is 2. The Balaban J connectivity index is 1.37. The van der Waals surface area contributed by atoms with Gasteiger partial charge in [0.05, 0.1) is 18.3 Å². The van der Waals surface area contributed by atoms with Crippen LogP contribution in [0.25, 0.3) is 0 Å². The molecule has 1 N–H and O–H groups in total. The molecule has 2 aliphatic rings. The largest absolute Gasteiger partial charge is 0.445 e. The summed E-state index contributed by atoms with van der Waals surface area (Å²) in [6.45, 7) is 2.91. The number of hydrogen-bond acceptors (Lipinski definition) is 6. The number of carbonyl (C=O) groups is 2. The number of ether oxygens (including phenoxy) is 2. The van der Waals surface area contributed by atoms with Gasteiger partial charge in [0.15, 0.2) is 6.10 Å². The zero-order valence-electron chi connectivity index (χ0n) is 18.0. The van der Waals surface area contributed by atoms with Gasteiger partial charge in [0, 0.05) is 12.5 Å². The summed E-state index contributed by atoms with van der Waals surface area (Å²) in [5.74, 6) is 0.0151. The molecule has 0 bridgehead atoms. The van der Waals surface area contributed by atoms with Crippen molar-refractivity contribution in [3.63, 3.8) is 0 Å². The number of benzene rings is 2. The van der Waals surface area contributed by atoms with Gasteiger partial charge in [0.25, 0.3) is 0 Å². The van der Waals surface area contributed by atoms with E-state index in [0.29, 0.717) is 19.5 Å². The van der Waals surface area contributed by atoms with Crippen molar-refractivity contribution in [1.82, 2.24) is 10.2 Å². The molecule has 8 nitrogen and oxygen atoms in total. The number of nitrogens with one attached hydrogen (secondary N) is 1. The van der Waals surface area contributed by atoms with Crippen LogP contribution in [0.1, 0.15) is 24.5 Å². The van der Waals surface area contributed by atoms with Gasteiger partial charge in [-0.3, -0.25) is 0 Å². The number of likely N-dealkylation sites (tertiary alicyclic amines) is 1. The highest BCUT2D eigenvalue weighted by atomic mass is 16.6. The Morgan fingerprint density at radius 3 is 2.28 bits per heavy atom. The van der Waals surface area contributed by atoms with Crippen LogP contribution in [0.2, 0.25) is 0 Å². The normalized spacial score (nSPS) is 22.1. The van der Waals surface area contributed by atoms with E-state index in [9.17, 15) is 9.59 Å². The number of alkyl carbamates (subject to hydrolysis) is 1. The fourth-order valence-electron chi connectivity index (χ4n) is 3.98. The molecular formula is C24H27N3O5. The molecule has 3 atom stereocenters. The maximum atomic E-state index is 12.8. The van der Waals surface area contributed by atoms with E-state index >= 15 is 0 Å². The lowest BCUT2D eigenvalue weighted by atomic mass is 9.92. The van der Waals surface area contributed by atoms with Crippen molar-refractivity contribution in [3.8, 4) is 0 Å². The molecule has 2 aromatic rings. The highest BCUT2D eigenvalue weighted by Crippen LogP contribution is 2.28. The predicted molar refractivity (Wildman–Crippen MR) is 118 cm³/mol. The van der Waals surface area contributed by atoms with E-state index in [1.165, 1.54) is 0 Å². The van der Waals surface area contributed by atoms with Gasteiger partial charge in [-0.15, -0.1) is 0 Å². The van der Waals surface area contributed by atoms with Gasteiger partial charge in [0.2, 0.25) is 0 Å². The fraction of sp³-hybridized carbons (Fsp3) is 0.375. The SMILES string of the molecule is CC1=NOC2CN(C(=O)OCc3ccccc3)C[C@@H](NC(=O)OCc3ccccc3)CC12. The number of oxime groups is 1. The lowest BCUT2D eigenvalue weighted by Crippen LogP contribution is -2.45. The number of fused-ring (bicyclic) bond motifs is 1. The van der Waals surface area contributed by atoms with Crippen LogP contribution in [0.15, 0.2) is 65.8 Å². The maximum Gasteiger partial charge on any atom is 0.410 e. The van der Waals surface area contributed by atoms with Gasteiger partial charge in [-0.1, -0.05) is 65.8 Å². The first kappa shape index (κ1) is 21.7. The smallest absolute Gasteiger partial charge is 0.410 e. The average molecular weight is 437 g/mol. The Bertz CT molecular complexity index is 951. The molecule has 2 heterocycles. The molecule has 32 heavy (non-hydrogen) atoms. The number of carbonyl (C=O) groups excluding carboxylic acids is 2. The third kappa shape index (κ3) is 5.57. The van der Waals surface area contributed by atoms with Crippen molar-refractivity contribution in [2.45, 2.75) is 38.7 Å². The summed E-state index contributed by atoms with van der Waals surface area (Å²) in [5, 5.41) is 6.99. The Hall–Kier alpha value is -3.55. The van der Waals surface area contributed by atoms with E-state index in [-0.39, 0.29) is 31.3 Å². The van der Waals surface area contributed by atoms with Crippen LogP contribution in [0.5, 0.6) is 0 Å². The van der Waals surface area contributed by atoms with Crippen molar-refractivity contribution in [3.05, 3.63) is 71.8 Å². The van der Waals surface area contributed by atoms with Crippen LogP contribution in [0.3, 0.4) is 0 Å².